The maximum absolute atomic E-state index is 14.6. The number of benzene rings is 2. The van der Waals surface area contributed by atoms with Crippen molar-refractivity contribution in [2.75, 3.05) is 19.6 Å². The Kier molecular flexibility index (Phi) is 9.02. The molecular weight excluding hydrogens is 571 g/mol. The number of carbonyl (C=O) groups excluding carboxylic acids is 3. The Bertz CT molecular complexity index is 1700. The minimum atomic E-state index is -0.651. The van der Waals surface area contributed by atoms with E-state index in [9.17, 15) is 18.8 Å². The van der Waals surface area contributed by atoms with Crippen molar-refractivity contribution in [3.63, 3.8) is 0 Å². The van der Waals surface area contributed by atoms with Gasteiger partial charge in [-0.2, -0.15) is 5.10 Å². The Balaban J connectivity index is 0.980. The first kappa shape index (κ1) is 30.6. The number of aryl methyl sites for hydroxylation is 1. The summed E-state index contributed by atoms with van der Waals surface area (Å²) in [6, 6.07) is 15.5. The molecule has 234 valence electrons. The fourth-order valence-corrected chi connectivity index (χ4v) is 6.69. The molecule has 2 aromatic heterocycles. The molecule has 2 aliphatic rings. The SMILES string of the molecule is CC1(c2ccc(C3CCN(CCCCc4cc5c(-c6ccc(CNC=O)c(F)c6)ncnn5c4)CC3)cc2)CCC(=O)NC1=O. The molecule has 0 spiro atoms. The molecule has 2 saturated heterocycles. The van der Waals surface area contributed by atoms with Gasteiger partial charge in [0.1, 0.15) is 12.1 Å². The summed E-state index contributed by atoms with van der Waals surface area (Å²) < 4.78 is 16.4. The Hall–Kier alpha value is -4.44. The van der Waals surface area contributed by atoms with Gasteiger partial charge in [-0.05, 0) is 99.8 Å². The number of piperidine rings is 2. The molecule has 4 aromatic rings. The summed E-state index contributed by atoms with van der Waals surface area (Å²) in [5, 5.41) is 9.35. The summed E-state index contributed by atoms with van der Waals surface area (Å²) in [6.45, 7) is 5.28. The van der Waals surface area contributed by atoms with E-state index in [4.69, 9.17) is 0 Å². The highest BCUT2D eigenvalue weighted by molar-refractivity contribution is 6.03. The normalized spacial score (nSPS) is 19.5. The lowest BCUT2D eigenvalue weighted by molar-refractivity contribution is -0.137. The number of carbonyl (C=O) groups is 3. The Morgan fingerprint density at radius 1 is 1.09 bits per heavy atom. The van der Waals surface area contributed by atoms with E-state index >= 15 is 0 Å². The third-order valence-corrected chi connectivity index (χ3v) is 9.57. The maximum Gasteiger partial charge on any atom is 0.236 e. The van der Waals surface area contributed by atoms with Crippen molar-refractivity contribution in [1.82, 2.24) is 30.1 Å². The molecule has 4 heterocycles. The lowest BCUT2D eigenvalue weighted by Crippen LogP contribution is -2.49. The van der Waals surface area contributed by atoms with Gasteiger partial charge < -0.3 is 10.2 Å². The van der Waals surface area contributed by atoms with Crippen LogP contribution in [-0.2, 0) is 32.8 Å². The summed E-state index contributed by atoms with van der Waals surface area (Å²) in [5.41, 5.74) is 5.43. The van der Waals surface area contributed by atoms with Crippen molar-refractivity contribution in [1.29, 1.82) is 0 Å². The first-order valence-electron chi connectivity index (χ1n) is 15.8. The van der Waals surface area contributed by atoms with Gasteiger partial charge in [0.05, 0.1) is 16.6 Å². The van der Waals surface area contributed by atoms with Crippen LogP contribution in [0.5, 0.6) is 0 Å². The number of fused-ring (bicyclic) bond motifs is 1. The minimum Gasteiger partial charge on any atom is -0.354 e. The zero-order valence-electron chi connectivity index (χ0n) is 25.6. The van der Waals surface area contributed by atoms with Crippen LogP contribution < -0.4 is 10.6 Å². The van der Waals surface area contributed by atoms with E-state index in [1.54, 1.807) is 10.6 Å². The number of imide groups is 1. The molecule has 2 fully saturated rings. The summed E-state index contributed by atoms with van der Waals surface area (Å²) in [5.74, 6) is -0.252. The number of likely N-dealkylation sites (tertiary alicyclic amines) is 1. The summed E-state index contributed by atoms with van der Waals surface area (Å²) in [7, 11) is 0. The minimum absolute atomic E-state index is 0.142. The predicted molar refractivity (Wildman–Crippen MR) is 169 cm³/mol. The highest BCUT2D eigenvalue weighted by Gasteiger charge is 2.40. The van der Waals surface area contributed by atoms with Crippen molar-refractivity contribution in [2.24, 2.45) is 0 Å². The number of aromatic nitrogens is 3. The van der Waals surface area contributed by atoms with Gasteiger partial charge >= 0.3 is 0 Å². The highest BCUT2D eigenvalue weighted by atomic mass is 19.1. The van der Waals surface area contributed by atoms with Crippen LogP contribution in [-0.4, -0.2) is 57.4 Å². The average Bonchev–Trinajstić information content (AvgIpc) is 3.48. The number of hydrogen-bond donors (Lipinski definition) is 2. The molecule has 0 radical (unpaired) electrons. The van der Waals surface area contributed by atoms with Crippen LogP contribution in [0, 0.1) is 5.82 Å². The highest BCUT2D eigenvalue weighted by Crippen LogP contribution is 2.35. The number of halogens is 1. The molecule has 0 aliphatic carbocycles. The van der Waals surface area contributed by atoms with Crippen LogP contribution in [0.2, 0.25) is 0 Å². The smallest absolute Gasteiger partial charge is 0.236 e. The van der Waals surface area contributed by atoms with Gasteiger partial charge in [-0.3, -0.25) is 19.7 Å². The van der Waals surface area contributed by atoms with Gasteiger partial charge in [0.2, 0.25) is 18.2 Å². The molecule has 0 saturated carbocycles. The second-order valence-electron chi connectivity index (χ2n) is 12.5. The van der Waals surface area contributed by atoms with Gasteiger partial charge in [-0.15, -0.1) is 0 Å². The summed E-state index contributed by atoms with van der Waals surface area (Å²) in [6.07, 6.45) is 10.3. The van der Waals surface area contributed by atoms with E-state index in [1.165, 1.54) is 23.5 Å². The van der Waals surface area contributed by atoms with Crippen molar-refractivity contribution in [2.45, 2.75) is 69.7 Å². The zero-order chi connectivity index (χ0) is 31.4. The van der Waals surface area contributed by atoms with Gasteiger partial charge in [-0.25, -0.2) is 13.9 Å². The molecule has 1 atom stereocenters. The Morgan fingerprint density at radius 2 is 1.89 bits per heavy atom. The van der Waals surface area contributed by atoms with E-state index in [0.29, 0.717) is 42.0 Å². The van der Waals surface area contributed by atoms with E-state index < -0.39 is 5.41 Å². The molecule has 9 nitrogen and oxygen atoms in total. The Labute approximate surface area is 262 Å². The first-order valence-corrected chi connectivity index (χ1v) is 15.8. The molecule has 2 N–H and O–H groups in total. The van der Waals surface area contributed by atoms with Crippen molar-refractivity contribution in [3.8, 4) is 11.3 Å². The molecule has 2 aromatic carbocycles. The van der Waals surface area contributed by atoms with E-state index in [2.05, 4.69) is 55.9 Å². The lowest BCUT2D eigenvalue weighted by Gasteiger charge is -2.34. The van der Waals surface area contributed by atoms with Gasteiger partial charge in [-0.1, -0.05) is 36.4 Å². The van der Waals surface area contributed by atoms with Crippen molar-refractivity contribution < 1.29 is 18.8 Å². The quantitative estimate of drug-likeness (QED) is 0.145. The largest absolute Gasteiger partial charge is 0.354 e. The van der Waals surface area contributed by atoms with Gasteiger partial charge in [0, 0.05) is 30.3 Å². The number of amides is 3. The molecule has 2 aliphatic heterocycles. The number of unbranched alkanes of at least 4 members (excludes halogenated alkanes) is 1. The topological polar surface area (TPSA) is 109 Å². The van der Waals surface area contributed by atoms with E-state index in [-0.39, 0.29) is 24.2 Å². The molecule has 3 amide bonds. The van der Waals surface area contributed by atoms with Crippen LogP contribution in [0.4, 0.5) is 4.39 Å². The van der Waals surface area contributed by atoms with E-state index in [0.717, 1.165) is 62.8 Å². The zero-order valence-corrected chi connectivity index (χ0v) is 25.6. The van der Waals surface area contributed by atoms with Crippen LogP contribution in [0.1, 0.15) is 73.6 Å². The van der Waals surface area contributed by atoms with E-state index in [1.807, 2.05) is 19.2 Å². The molecule has 0 bridgehead atoms. The van der Waals surface area contributed by atoms with Crippen LogP contribution >= 0.6 is 0 Å². The fraction of sp³-hybridized carbons (Fsp3) is 0.400. The molecule has 6 rings (SSSR count). The van der Waals surface area contributed by atoms with Crippen molar-refractivity contribution >= 4 is 23.7 Å². The standard InChI is InChI=1S/C35H39FN6O3/c1-35(14-11-32(44)40-34(35)45)29-9-7-25(8-10-29)26-12-16-41(17-13-26)15-3-2-4-24-18-31-33(38-22-39-42(31)21-24)27-5-6-28(20-37-23-43)30(36)19-27/h5-10,18-19,21-23,26H,2-4,11-17,20H2,1H3,(H,37,43)(H,40,44,45). The second kappa shape index (κ2) is 13.3. The molecule has 10 heteroatoms. The van der Waals surface area contributed by atoms with Crippen molar-refractivity contribution in [3.05, 3.63) is 89.1 Å². The molecule has 45 heavy (non-hydrogen) atoms. The number of rotatable bonds is 11. The maximum atomic E-state index is 14.6. The fourth-order valence-electron chi connectivity index (χ4n) is 6.69. The van der Waals surface area contributed by atoms with Gasteiger partial charge in [0.25, 0.3) is 0 Å². The second-order valence-corrected chi connectivity index (χ2v) is 12.5. The molecule has 1 unspecified atom stereocenters. The molecular formula is C35H39FN6O3. The third-order valence-electron chi connectivity index (χ3n) is 9.57. The van der Waals surface area contributed by atoms with Crippen LogP contribution in [0.3, 0.4) is 0 Å². The third kappa shape index (κ3) is 6.66. The summed E-state index contributed by atoms with van der Waals surface area (Å²) in [4.78, 5) is 41.7. The number of hydrogen-bond acceptors (Lipinski definition) is 6. The average molecular weight is 611 g/mol. The summed E-state index contributed by atoms with van der Waals surface area (Å²) >= 11 is 0. The first-order chi connectivity index (χ1) is 21.8. The number of nitrogens with zero attached hydrogens (tertiary/aromatic N) is 4. The van der Waals surface area contributed by atoms with Crippen LogP contribution in [0.25, 0.3) is 16.8 Å². The monoisotopic (exact) mass is 610 g/mol. The van der Waals surface area contributed by atoms with Crippen LogP contribution in [0.15, 0.2) is 61.1 Å². The van der Waals surface area contributed by atoms with Gasteiger partial charge in [0.15, 0.2) is 0 Å². The lowest BCUT2D eigenvalue weighted by atomic mass is 9.75. The Morgan fingerprint density at radius 3 is 2.62 bits per heavy atom. The predicted octanol–water partition coefficient (Wildman–Crippen LogP) is 4.68. The number of nitrogens with one attached hydrogen (secondary N) is 2.